The Labute approximate surface area is 184 Å². The molecule has 152 valence electrons. The second kappa shape index (κ2) is 8.24. The summed E-state index contributed by atoms with van der Waals surface area (Å²) in [6, 6.07) is 25.8. The second-order valence-electron chi connectivity index (χ2n) is 7.30. The lowest BCUT2D eigenvalue weighted by atomic mass is 10.1. The number of nitrogens with one attached hydrogen (secondary N) is 1. The lowest BCUT2D eigenvalue weighted by molar-refractivity contribution is 0.102. The number of Topliss-reactive ketones (excluding diaryl/α,β-unsaturated/α-hetero) is 1. The number of aromatic amines is 1. The maximum Gasteiger partial charge on any atom is 0.196 e. The SMILES string of the molecule is Cc1ccc(C(=O)CSc2nnc(-c3c[nH]c4ccccc34)n2-c2ccccc2)cc1. The monoisotopic (exact) mass is 424 g/mol. The first-order valence-corrected chi connectivity index (χ1v) is 11.0. The molecule has 31 heavy (non-hydrogen) atoms. The van der Waals surface area contributed by atoms with Gasteiger partial charge in [0.1, 0.15) is 0 Å². The summed E-state index contributed by atoms with van der Waals surface area (Å²) in [6.07, 6.45) is 1.96. The predicted octanol–water partition coefficient (Wildman–Crippen LogP) is 5.70. The number of fused-ring (bicyclic) bond motifs is 1. The molecule has 0 aliphatic heterocycles. The molecule has 5 nitrogen and oxygen atoms in total. The van der Waals surface area contributed by atoms with Crippen LogP contribution in [0.3, 0.4) is 0 Å². The van der Waals surface area contributed by atoms with Gasteiger partial charge in [0.25, 0.3) is 0 Å². The Morgan fingerprint density at radius 3 is 2.48 bits per heavy atom. The molecule has 0 spiro atoms. The van der Waals surface area contributed by atoms with Gasteiger partial charge in [-0.15, -0.1) is 10.2 Å². The highest BCUT2D eigenvalue weighted by Gasteiger charge is 2.19. The molecular formula is C25H20N4OS. The van der Waals surface area contributed by atoms with E-state index in [1.165, 1.54) is 11.8 Å². The third kappa shape index (κ3) is 3.78. The molecule has 0 saturated carbocycles. The first kappa shape index (κ1) is 19.3. The number of aryl methyl sites for hydroxylation is 1. The summed E-state index contributed by atoms with van der Waals surface area (Å²) in [5.41, 5.74) is 4.82. The van der Waals surface area contributed by atoms with Gasteiger partial charge in [-0.3, -0.25) is 9.36 Å². The molecule has 0 amide bonds. The Bertz CT molecular complexity index is 1350. The van der Waals surface area contributed by atoms with Crippen molar-refractivity contribution in [2.45, 2.75) is 12.1 Å². The minimum absolute atomic E-state index is 0.0706. The molecule has 2 heterocycles. The smallest absolute Gasteiger partial charge is 0.196 e. The van der Waals surface area contributed by atoms with Gasteiger partial charge in [-0.2, -0.15) is 0 Å². The van der Waals surface area contributed by atoms with Crippen molar-refractivity contribution < 1.29 is 4.79 Å². The summed E-state index contributed by atoms with van der Waals surface area (Å²) in [4.78, 5) is 16.0. The number of H-pyrrole nitrogens is 1. The average molecular weight is 425 g/mol. The van der Waals surface area contributed by atoms with Crippen LogP contribution < -0.4 is 0 Å². The molecule has 0 radical (unpaired) electrons. The van der Waals surface area contributed by atoms with E-state index in [0.717, 1.165) is 33.5 Å². The highest BCUT2D eigenvalue weighted by atomic mass is 32.2. The lowest BCUT2D eigenvalue weighted by Crippen LogP contribution is -2.05. The van der Waals surface area contributed by atoms with E-state index >= 15 is 0 Å². The van der Waals surface area contributed by atoms with Crippen LogP contribution >= 0.6 is 11.8 Å². The zero-order chi connectivity index (χ0) is 21.2. The molecule has 0 aliphatic rings. The number of thioether (sulfide) groups is 1. The van der Waals surface area contributed by atoms with E-state index in [1.807, 2.05) is 90.5 Å². The molecule has 0 aliphatic carbocycles. The zero-order valence-electron chi connectivity index (χ0n) is 16.9. The molecule has 5 rings (SSSR count). The molecule has 6 heteroatoms. The maximum absolute atomic E-state index is 12.7. The predicted molar refractivity (Wildman–Crippen MR) is 125 cm³/mol. The highest BCUT2D eigenvalue weighted by Crippen LogP contribution is 2.32. The van der Waals surface area contributed by atoms with Crippen LogP contribution in [0.4, 0.5) is 0 Å². The number of rotatable bonds is 6. The molecule has 0 atom stereocenters. The van der Waals surface area contributed by atoms with Gasteiger partial charge in [0, 0.05) is 33.9 Å². The summed E-state index contributed by atoms with van der Waals surface area (Å²) in [5, 5.41) is 10.7. The van der Waals surface area contributed by atoms with Crippen molar-refractivity contribution in [2.24, 2.45) is 0 Å². The van der Waals surface area contributed by atoms with Crippen molar-refractivity contribution in [3.63, 3.8) is 0 Å². The minimum atomic E-state index is 0.0706. The van der Waals surface area contributed by atoms with E-state index in [4.69, 9.17) is 0 Å². The van der Waals surface area contributed by atoms with Gasteiger partial charge in [-0.05, 0) is 25.1 Å². The minimum Gasteiger partial charge on any atom is -0.360 e. The van der Waals surface area contributed by atoms with Crippen molar-refractivity contribution in [2.75, 3.05) is 5.75 Å². The molecule has 0 bridgehead atoms. The lowest BCUT2D eigenvalue weighted by Gasteiger charge is -2.10. The van der Waals surface area contributed by atoms with E-state index in [2.05, 4.69) is 21.2 Å². The van der Waals surface area contributed by atoms with Crippen molar-refractivity contribution >= 4 is 28.4 Å². The number of carbonyl (C=O) groups is 1. The maximum atomic E-state index is 12.7. The number of para-hydroxylation sites is 2. The van der Waals surface area contributed by atoms with Crippen LogP contribution in [0.2, 0.25) is 0 Å². The number of aromatic nitrogens is 4. The summed E-state index contributed by atoms with van der Waals surface area (Å²) in [5.74, 6) is 1.11. The molecule has 0 saturated heterocycles. The van der Waals surface area contributed by atoms with Gasteiger partial charge in [0.05, 0.1) is 5.75 Å². The van der Waals surface area contributed by atoms with Crippen LogP contribution in [0.25, 0.3) is 28.0 Å². The topological polar surface area (TPSA) is 63.6 Å². The first-order valence-electron chi connectivity index (χ1n) is 10.0. The van der Waals surface area contributed by atoms with Crippen molar-refractivity contribution in [3.8, 4) is 17.1 Å². The van der Waals surface area contributed by atoms with Crippen LogP contribution in [-0.4, -0.2) is 31.3 Å². The quantitative estimate of drug-likeness (QED) is 0.281. The van der Waals surface area contributed by atoms with E-state index in [0.29, 0.717) is 16.5 Å². The molecule has 0 fully saturated rings. The summed E-state index contributed by atoms with van der Waals surface area (Å²) >= 11 is 1.40. The van der Waals surface area contributed by atoms with Gasteiger partial charge in [-0.1, -0.05) is 78.0 Å². The second-order valence-corrected chi connectivity index (χ2v) is 8.25. The summed E-state index contributed by atoms with van der Waals surface area (Å²) in [7, 11) is 0. The van der Waals surface area contributed by atoms with Crippen LogP contribution in [0.1, 0.15) is 15.9 Å². The summed E-state index contributed by atoms with van der Waals surface area (Å²) < 4.78 is 2.02. The molecule has 0 unspecified atom stereocenters. The number of ketones is 1. The van der Waals surface area contributed by atoms with E-state index in [1.54, 1.807) is 0 Å². The number of carbonyl (C=O) groups excluding carboxylic acids is 1. The number of nitrogens with zero attached hydrogens (tertiary/aromatic N) is 3. The third-order valence-electron chi connectivity index (χ3n) is 5.18. The average Bonchev–Trinajstić information content (AvgIpc) is 3.42. The molecule has 2 aromatic heterocycles. The largest absolute Gasteiger partial charge is 0.360 e. The van der Waals surface area contributed by atoms with Crippen LogP contribution in [0.15, 0.2) is 90.2 Å². The number of hydrogen-bond donors (Lipinski definition) is 1. The number of hydrogen-bond acceptors (Lipinski definition) is 4. The van der Waals surface area contributed by atoms with E-state index in [9.17, 15) is 4.79 Å². The van der Waals surface area contributed by atoms with Gasteiger partial charge in [0.15, 0.2) is 16.8 Å². The van der Waals surface area contributed by atoms with Gasteiger partial charge < -0.3 is 4.98 Å². The molecule has 3 aromatic carbocycles. The Morgan fingerprint density at radius 2 is 1.68 bits per heavy atom. The Hall–Kier alpha value is -3.64. The van der Waals surface area contributed by atoms with E-state index in [-0.39, 0.29) is 5.78 Å². The summed E-state index contributed by atoms with van der Waals surface area (Å²) in [6.45, 7) is 2.01. The Morgan fingerprint density at radius 1 is 0.935 bits per heavy atom. The fourth-order valence-corrected chi connectivity index (χ4v) is 4.40. The van der Waals surface area contributed by atoms with Crippen molar-refractivity contribution in [3.05, 3.63) is 96.2 Å². The fraction of sp³-hybridized carbons (Fsp3) is 0.0800. The Balaban J connectivity index is 1.52. The fourth-order valence-electron chi connectivity index (χ4n) is 3.56. The van der Waals surface area contributed by atoms with E-state index < -0.39 is 0 Å². The third-order valence-corrected chi connectivity index (χ3v) is 6.11. The van der Waals surface area contributed by atoms with Gasteiger partial charge >= 0.3 is 0 Å². The van der Waals surface area contributed by atoms with Crippen LogP contribution in [0, 0.1) is 6.92 Å². The first-order chi connectivity index (χ1) is 15.2. The standard InChI is InChI=1S/C25H20N4OS/c1-17-11-13-18(14-12-17)23(30)16-31-25-28-27-24(29(25)19-7-3-2-4-8-19)21-15-26-22-10-6-5-9-20(21)22/h2-15,26H,16H2,1H3. The zero-order valence-corrected chi connectivity index (χ0v) is 17.8. The van der Waals surface area contributed by atoms with Gasteiger partial charge in [0.2, 0.25) is 0 Å². The normalized spacial score (nSPS) is 11.1. The number of benzene rings is 3. The highest BCUT2D eigenvalue weighted by molar-refractivity contribution is 7.99. The molecule has 1 N–H and O–H groups in total. The molecule has 5 aromatic rings. The van der Waals surface area contributed by atoms with Crippen LogP contribution in [-0.2, 0) is 0 Å². The van der Waals surface area contributed by atoms with Crippen LogP contribution in [0.5, 0.6) is 0 Å². The van der Waals surface area contributed by atoms with Gasteiger partial charge in [-0.25, -0.2) is 0 Å². The van der Waals surface area contributed by atoms with Crippen molar-refractivity contribution in [1.82, 2.24) is 19.7 Å². The molecular weight excluding hydrogens is 404 g/mol. The Kier molecular flexibility index (Phi) is 5.14. The van der Waals surface area contributed by atoms with Crippen molar-refractivity contribution in [1.29, 1.82) is 0 Å².